The summed E-state index contributed by atoms with van der Waals surface area (Å²) in [5.74, 6) is -6.02. The molecule has 0 spiro atoms. The van der Waals surface area contributed by atoms with Gasteiger partial charge >= 0.3 is 0 Å². The molecule has 2 aromatic rings. The lowest BCUT2D eigenvalue weighted by Gasteiger charge is -2.15. The highest BCUT2D eigenvalue weighted by Crippen LogP contribution is 2.37. The molecular formula is C18H13F4N3. The van der Waals surface area contributed by atoms with Gasteiger partial charge in [0.1, 0.15) is 5.69 Å². The fraction of sp³-hybridized carbons (Fsp3) is 0.0556. The van der Waals surface area contributed by atoms with Crippen molar-refractivity contribution in [1.29, 1.82) is 0 Å². The molecule has 0 saturated heterocycles. The Kier molecular flexibility index (Phi) is 4.56. The first-order chi connectivity index (χ1) is 12.1. The van der Waals surface area contributed by atoms with E-state index in [1.807, 2.05) is 0 Å². The summed E-state index contributed by atoms with van der Waals surface area (Å²) in [6.45, 7) is 3.33. The number of anilines is 1. The lowest BCUT2D eigenvalue weighted by atomic mass is 9.98. The molecule has 0 unspecified atom stereocenters. The van der Waals surface area contributed by atoms with Gasteiger partial charge in [-0.15, -0.1) is 6.58 Å². The van der Waals surface area contributed by atoms with Crippen molar-refractivity contribution in [1.82, 2.24) is 4.98 Å². The van der Waals surface area contributed by atoms with Gasteiger partial charge < -0.3 is 10.3 Å². The first-order valence-corrected chi connectivity index (χ1v) is 7.36. The minimum Gasteiger partial charge on any atom is -0.377 e. The number of aromatic amines is 1. The Morgan fingerprint density at radius 3 is 2.40 bits per heavy atom. The summed E-state index contributed by atoms with van der Waals surface area (Å²) in [4.78, 5) is 6.78. The van der Waals surface area contributed by atoms with E-state index in [4.69, 9.17) is 0 Å². The van der Waals surface area contributed by atoms with Gasteiger partial charge in [0.25, 0.3) is 0 Å². The molecule has 3 nitrogen and oxygen atoms in total. The molecule has 1 aliphatic rings. The minimum atomic E-state index is -1.51. The molecule has 25 heavy (non-hydrogen) atoms. The number of H-pyrrole nitrogens is 1. The fourth-order valence-electron chi connectivity index (χ4n) is 2.52. The molecule has 0 bridgehead atoms. The molecule has 3 rings (SSSR count). The number of hydrogen-bond acceptors (Lipinski definition) is 2. The van der Waals surface area contributed by atoms with Crippen LogP contribution in [0.15, 0.2) is 53.8 Å². The number of rotatable bonds is 5. The van der Waals surface area contributed by atoms with Crippen LogP contribution in [0.1, 0.15) is 11.3 Å². The van der Waals surface area contributed by atoms with Gasteiger partial charge in [-0.05, 0) is 24.3 Å². The average molecular weight is 347 g/mol. The van der Waals surface area contributed by atoms with Crippen LogP contribution in [-0.4, -0.2) is 17.7 Å². The number of aromatic nitrogens is 1. The zero-order valence-corrected chi connectivity index (χ0v) is 12.9. The van der Waals surface area contributed by atoms with Gasteiger partial charge in [0.15, 0.2) is 23.3 Å². The lowest BCUT2D eigenvalue weighted by Crippen LogP contribution is -2.11. The van der Waals surface area contributed by atoms with E-state index in [2.05, 4.69) is 21.9 Å². The SMILES string of the molecule is C=CCNc1c(F)c(F)c(/C(=C2\C=CC=N2)c2ccc[nH]2)c(F)c1F. The van der Waals surface area contributed by atoms with E-state index in [9.17, 15) is 17.6 Å². The van der Waals surface area contributed by atoms with Crippen LogP contribution in [-0.2, 0) is 0 Å². The highest BCUT2D eigenvalue weighted by molar-refractivity contribution is 5.88. The fourth-order valence-corrected chi connectivity index (χ4v) is 2.52. The maximum absolute atomic E-state index is 14.7. The molecule has 1 aromatic carbocycles. The monoisotopic (exact) mass is 347 g/mol. The van der Waals surface area contributed by atoms with Crippen LogP contribution in [0.25, 0.3) is 5.57 Å². The van der Waals surface area contributed by atoms with E-state index in [0.29, 0.717) is 0 Å². The predicted octanol–water partition coefficient (Wildman–Crippen LogP) is 4.57. The molecule has 0 aliphatic carbocycles. The van der Waals surface area contributed by atoms with Gasteiger partial charge in [-0.2, -0.15) is 0 Å². The summed E-state index contributed by atoms with van der Waals surface area (Å²) < 4.78 is 58.0. The largest absolute Gasteiger partial charge is 0.377 e. The molecule has 0 fully saturated rings. The molecule has 1 aliphatic heterocycles. The van der Waals surface area contributed by atoms with E-state index in [-0.39, 0.29) is 23.5 Å². The van der Waals surface area contributed by atoms with Crippen LogP contribution in [0, 0.1) is 23.3 Å². The Morgan fingerprint density at radius 2 is 1.88 bits per heavy atom. The van der Waals surface area contributed by atoms with E-state index in [0.717, 1.165) is 0 Å². The normalized spacial score (nSPS) is 14.9. The second-order valence-electron chi connectivity index (χ2n) is 5.16. The van der Waals surface area contributed by atoms with E-state index < -0.39 is 34.5 Å². The number of nitrogens with one attached hydrogen (secondary N) is 2. The van der Waals surface area contributed by atoms with Gasteiger partial charge in [0, 0.05) is 30.2 Å². The van der Waals surface area contributed by atoms with Crippen molar-refractivity contribution in [2.45, 2.75) is 0 Å². The maximum atomic E-state index is 14.7. The van der Waals surface area contributed by atoms with Gasteiger partial charge in [0.2, 0.25) is 0 Å². The van der Waals surface area contributed by atoms with Crippen molar-refractivity contribution in [2.75, 3.05) is 11.9 Å². The quantitative estimate of drug-likeness (QED) is 0.464. The second kappa shape index (κ2) is 6.80. The topological polar surface area (TPSA) is 40.2 Å². The second-order valence-corrected chi connectivity index (χ2v) is 5.16. The first kappa shape index (κ1) is 16.8. The Labute approximate surface area is 141 Å². The molecule has 0 saturated carbocycles. The van der Waals surface area contributed by atoms with E-state index in [1.54, 1.807) is 12.1 Å². The summed E-state index contributed by atoms with van der Waals surface area (Å²) in [5.41, 5.74) is -1.30. The summed E-state index contributed by atoms with van der Waals surface area (Å²) in [6.07, 6.45) is 7.31. The highest BCUT2D eigenvalue weighted by Gasteiger charge is 2.29. The molecular weight excluding hydrogens is 334 g/mol. The van der Waals surface area contributed by atoms with Gasteiger partial charge in [-0.3, -0.25) is 4.99 Å². The minimum absolute atomic E-state index is 0.0519. The Bertz CT molecular complexity index is 866. The number of hydrogen-bond donors (Lipinski definition) is 2. The van der Waals surface area contributed by atoms with Crippen LogP contribution in [0.5, 0.6) is 0 Å². The third kappa shape index (κ3) is 2.88. The molecule has 128 valence electrons. The predicted molar refractivity (Wildman–Crippen MR) is 89.4 cm³/mol. The average Bonchev–Trinajstić information content (AvgIpc) is 3.31. The Balaban J connectivity index is 2.29. The van der Waals surface area contributed by atoms with Crippen LogP contribution in [0.3, 0.4) is 0 Å². The Morgan fingerprint density at radius 1 is 1.16 bits per heavy atom. The van der Waals surface area contributed by atoms with Crippen molar-refractivity contribution in [3.8, 4) is 0 Å². The zero-order chi connectivity index (χ0) is 18.0. The number of aliphatic imine (C=N–C) groups is 1. The summed E-state index contributed by atoms with van der Waals surface area (Å²) >= 11 is 0. The van der Waals surface area contributed by atoms with Gasteiger partial charge in [0.05, 0.1) is 11.3 Å². The third-order valence-corrected chi connectivity index (χ3v) is 3.61. The van der Waals surface area contributed by atoms with Crippen molar-refractivity contribution < 1.29 is 17.6 Å². The van der Waals surface area contributed by atoms with Crippen LogP contribution >= 0.6 is 0 Å². The zero-order valence-electron chi connectivity index (χ0n) is 12.9. The van der Waals surface area contributed by atoms with E-state index in [1.165, 1.54) is 30.6 Å². The molecule has 0 atom stereocenters. The molecule has 0 amide bonds. The summed E-state index contributed by atoms with van der Waals surface area (Å²) in [5, 5.41) is 2.27. The lowest BCUT2D eigenvalue weighted by molar-refractivity contribution is 0.455. The molecule has 1 aromatic heterocycles. The van der Waals surface area contributed by atoms with E-state index >= 15 is 0 Å². The summed E-state index contributed by atoms with van der Waals surface area (Å²) in [6, 6.07) is 3.13. The van der Waals surface area contributed by atoms with Crippen LogP contribution in [0.2, 0.25) is 0 Å². The third-order valence-electron chi connectivity index (χ3n) is 3.61. The number of halogens is 4. The van der Waals surface area contributed by atoms with Gasteiger partial charge in [-0.1, -0.05) is 6.08 Å². The molecule has 7 heteroatoms. The van der Waals surface area contributed by atoms with Crippen molar-refractivity contribution in [3.63, 3.8) is 0 Å². The standard InChI is InChI=1S/C18H13F4N3/c1-2-7-25-18-16(21)14(19)13(15(20)17(18)22)12(10-5-3-8-23-10)11-6-4-9-24-11/h2-6,8-9,23,25H,1,7H2/b12-11+. The van der Waals surface area contributed by atoms with Crippen molar-refractivity contribution in [3.05, 3.63) is 83.4 Å². The van der Waals surface area contributed by atoms with Crippen LogP contribution < -0.4 is 5.32 Å². The van der Waals surface area contributed by atoms with Crippen LogP contribution in [0.4, 0.5) is 23.2 Å². The smallest absolute Gasteiger partial charge is 0.185 e. The van der Waals surface area contributed by atoms with Gasteiger partial charge in [-0.25, -0.2) is 17.6 Å². The number of allylic oxidation sites excluding steroid dienone is 2. The van der Waals surface area contributed by atoms with Crippen molar-refractivity contribution in [2.24, 2.45) is 4.99 Å². The molecule has 0 radical (unpaired) electrons. The maximum Gasteiger partial charge on any atom is 0.185 e. The number of nitrogens with zero attached hydrogens (tertiary/aromatic N) is 1. The Hall–Kier alpha value is -3.09. The number of benzene rings is 1. The molecule has 2 heterocycles. The molecule has 2 N–H and O–H groups in total. The van der Waals surface area contributed by atoms with Crippen molar-refractivity contribution >= 4 is 17.5 Å². The first-order valence-electron chi connectivity index (χ1n) is 7.36. The summed E-state index contributed by atoms with van der Waals surface area (Å²) in [7, 11) is 0. The highest BCUT2D eigenvalue weighted by atomic mass is 19.2.